The molecule has 2 aromatic carbocycles. The Bertz CT molecular complexity index is 1010. The van der Waals surface area contributed by atoms with Gasteiger partial charge in [-0.3, -0.25) is 0 Å². The molecule has 0 aliphatic carbocycles. The van der Waals surface area contributed by atoms with E-state index in [-0.39, 0.29) is 11.3 Å². The number of carbonyl (C=O) groups is 1. The maximum absolute atomic E-state index is 11.0. The first kappa shape index (κ1) is 17.1. The molecule has 6 heteroatoms. The summed E-state index contributed by atoms with van der Waals surface area (Å²) >= 11 is 0. The molecule has 2 N–H and O–H groups in total. The van der Waals surface area contributed by atoms with Crippen LogP contribution in [0.1, 0.15) is 22.8 Å². The van der Waals surface area contributed by atoms with Crippen LogP contribution >= 0.6 is 0 Å². The average Bonchev–Trinajstić information content (AvgIpc) is 3.06. The number of rotatable bonds is 5. The fourth-order valence-corrected chi connectivity index (χ4v) is 2.74. The van der Waals surface area contributed by atoms with Gasteiger partial charge in [-0.05, 0) is 25.1 Å². The molecule has 0 unspecified atom stereocenters. The molecule has 1 heterocycles. The Morgan fingerprint density at radius 2 is 1.96 bits per heavy atom. The first-order valence-corrected chi connectivity index (χ1v) is 7.96. The Kier molecular flexibility index (Phi) is 4.63. The number of nitrogens with zero attached hydrogens (tertiary/aromatic N) is 2. The zero-order valence-corrected chi connectivity index (χ0v) is 14.0. The summed E-state index contributed by atoms with van der Waals surface area (Å²) in [7, 11) is 0. The van der Waals surface area contributed by atoms with E-state index in [0.29, 0.717) is 29.2 Å². The molecule has 6 nitrogen and oxygen atoms in total. The molecule has 0 saturated heterocycles. The second-order valence-corrected chi connectivity index (χ2v) is 5.54. The molecule has 130 valence electrons. The van der Waals surface area contributed by atoms with E-state index in [4.69, 9.17) is 9.84 Å². The Morgan fingerprint density at radius 1 is 1.19 bits per heavy atom. The zero-order chi connectivity index (χ0) is 18.7. The topological polar surface area (TPSA) is 95.5 Å². The maximum Gasteiger partial charge on any atom is 0.339 e. The molecule has 3 aromatic rings. The van der Waals surface area contributed by atoms with Crippen molar-refractivity contribution in [3.8, 4) is 34.4 Å². The monoisotopic (exact) mass is 348 g/mol. The summed E-state index contributed by atoms with van der Waals surface area (Å²) in [5.74, 6) is -0.864. The number of aromatic carboxylic acids is 1. The van der Waals surface area contributed by atoms with Gasteiger partial charge >= 0.3 is 5.97 Å². The molecule has 0 spiro atoms. The minimum atomic E-state index is -1.20. The molecule has 0 amide bonds. The van der Waals surface area contributed by atoms with Gasteiger partial charge in [-0.2, -0.15) is 5.26 Å². The summed E-state index contributed by atoms with van der Waals surface area (Å²) in [6.07, 6.45) is 3.39. The lowest BCUT2D eigenvalue weighted by Gasteiger charge is -2.09. The van der Waals surface area contributed by atoms with E-state index in [1.54, 1.807) is 23.0 Å². The van der Waals surface area contributed by atoms with Crippen molar-refractivity contribution in [2.75, 3.05) is 6.61 Å². The summed E-state index contributed by atoms with van der Waals surface area (Å²) in [4.78, 5) is 11.0. The van der Waals surface area contributed by atoms with Gasteiger partial charge in [-0.25, -0.2) is 4.79 Å². The molecule has 1 aromatic heterocycles. The fourth-order valence-electron chi connectivity index (χ4n) is 2.74. The number of benzene rings is 2. The lowest BCUT2D eigenvalue weighted by Crippen LogP contribution is -1.98. The SMILES string of the molecule is CCOc1ccccc1-c1cn(-c2ccc(C(=O)O)c(O)c2)cc1C#N. The Morgan fingerprint density at radius 3 is 2.62 bits per heavy atom. The molecule has 3 rings (SSSR count). The third kappa shape index (κ3) is 3.10. The van der Waals surface area contributed by atoms with Crippen LogP contribution in [0.15, 0.2) is 54.9 Å². The van der Waals surface area contributed by atoms with Crippen LogP contribution < -0.4 is 4.74 Å². The van der Waals surface area contributed by atoms with E-state index >= 15 is 0 Å². The summed E-state index contributed by atoms with van der Waals surface area (Å²) in [6.45, 7) is 2.39. The number of nitriles is 1. The van der Waals surface area contributed by atoms with Crippen LogP contribution in [0, 0.1) is 11.3 Å². The van der Waals surface area contributed by atoms with Crippen LogP contribution in [0.5, 0.6) is 11.5 Å². The van der Waals surface area contributed by atoms with Crippen molar-refractivity contribution in [3.05, 3.63) is 66.0 Å². The molecule has 0 fully saturated rings. The van der Waals surface area contributed by atoms with Crippen molar-refractivity contribution in [3.63, 3.8) is 0 Å². The largest absolute Gasteiger partial charge is 0.507 e. The van der Waals surface area contributed by atoms with Gasteiger partial charge in [-0.15, -0.1) is 0 Å². The van der Waals surface area contributed by atoms with Gasteiger partial charge in [0.1, 0.15) is 23.1 Å². The number of phenols is 1. The lowest BCUT2D eigenvalue weighted by molar-refractivity contribution is 0.0693. The molecule has 0 atom stereocenters. The second-order valence-electron chi connectivity index (χ2n) is 5.54. The van der Waals surface area contributed by atoms with Gasteiger partial charge in [0.2, 0.25) is 0 Å². The van der Waals surface area contributed by atoms with Crippen molar-refractivity contribution in [2.24, 2.45) is 0 Å². The molecule has 0 bridgehead atoms. The number of para-hydroxylation sites is 1. The van der Waals surface area contributed by atoms with Crippen LogP contribution in [0.4, 0.5) is 0 Å². The normalized spacial score (nSPS) is 10.3. The van der Waals surface area contributed by atoms with Gasteiger partial charge in [0.05, 0.1) is 12.2 Å². The van der Waals surface area contributed by atoms with E-state index in [9.17, 15) is 15.2 Å². The highest BCUT2D eigenvalue weighted by atomic mass is 16.5. The summed E-state index contributed by atoms with van der Waals surface area (Å²) in [5, 5.41) is 28.4. The van der Waals surface area contributed by atoms with Crippen molar-refractivity contribution in [2.45, 2.75) is 6.92 Å². The zero-order valence-electron chi connectivity index (χ0n) is 14.0. The number of hydrogen-bond acceptors (Lipinski definition) is 4. The first-order chi connectivity index (χ1) is 12.5. The molecular weight excluding hydrogens is 332 g/mol. The third-order valence-corrected chi connectivity index (χ3v) is 3.93. The Labute approximate surface area is 150 Å². The van der Waals surface area contributed by atoms with E-state index in [2.05, 4.69) is 6.07 Å². The van der Waals surface area contributed by atoms with Crippen molar-refractivity contribution >= 4 is 5.97 Å². The van der Waals surface area contributed by atoms with Crippen LogP contribution in [0.2, 0.25) is 0 Å². The van der Waals surface area contributed by atoms with E-state index < -0.39 is 5.97 Å². The number of carboxylic acids is 1. The van der Waals surface area contributed by atoms with E-state index in [1.807, 2.05) is 31.2 Å². The molecule has 0 aliphatic heterocycles. The van der Waals surface area contributed by atoms with Crippen molar-refractivity contribution in [1.82, 2.24) is 4.57 Å². The van der Waals surface area contributed by atoms with E-state index in [0.717, 1.165) is 5.56 Å². The second kappa shape index (κ2) is 7.03. The van der Waals surface area contributed by atoms with Gasteiger partial charge in [0.15, 0.2) is 0 Å². The number of aromatic hydroxyl groups is 1. The number of hydrogen-bond donors (Lipinski definition) is 2. The number of ether oxygens (including phenoxy) is 1. The number of carboxylic acid groups (broad SMARTS) is 1. The van der Waals surface area contributed by atoms with Crippen LogP contribution in [-0.2, 0) is 0 Å². The van der Waals surface area contributed by atoms with Gasteiger partial charge in [0.25, 0.3) is 0 Å². The molecule has 0 radical (unpaired) electrons. The van der Waals surface area contributed by atoms with Crippen molar-refractivity contribution in [1.29, 1.82) is 5.26 Å². The highest BCUT2D eigenvalue weighted by Crippen LogP contribution is 2.34. The lowest BCUT2D eigenvalue weighted by atomic mass is 10.0. The van der Waals surface area contributed by atoms with Crippen LogP contribution in [-0.4, -0.2) is 27.4 Å². The Hall–Kier alpha value is -3.72. The highest BCUT2D eigenvalue weighted by Gasteiger charge is 2.15. The standard InChI is InChI=1S/C20H16N2O4/c1-2-26-19-6-4-3-5-15(19)17-12-22(11-13(17)10-21)14-7-8-16(20(24)25)18(23)9-14/h3-9,11-12,23H,2H2,1H3,(H,24,25). The van der Waals surface area contributed by atoms with Crippen molar-refractivity contribution < 1.29 is 19.7 Å². The minimum absolute atomic E-state index is 0.177. The quantitative estimate of drug-likeness (QED) is 0.731. The van der Waals surface area contributed by atoms with Crippen LogP contribution in [0.3, 0.4) is 0 Å². The smallest absolute Gasteiger partial charge is 0.339 e. The fraction of sp³-hybridized carbons (Fsp3) is 0.100. The third-order valence-electron chi connectivity index (χ3n) is 3.93. The first-order valence-electron chi connectivity index (χ1n) is 7.96. The summed E-state index contributed by atoms with van der Waals surface area (Å²) < 4.78 is 7.31. The predicted octanol–water partition coefficient (Wildman–Crippen LogP) is 3.82. The maximum atomic E-state index is 11.0. The van der Waals surface area contributed by atoms with Gasteiger partial charge < -0.3 is 19.5 Å². The van der Waals surface area contributed by atoms with Gasteiger partial charge in [0, 0.05) is 35.3 Å². The average molecular weight is 348 g/mol. The molecule has 26 heavy (non-hydrogen) atoms. The summed E-state index contributed by atoms with van der Waals surface area (Å²) in [6, 6.07) is 13.8. The minimum Gasteiger partial charge on any atom is -0.507 e. The Balaban J connectivity index is 2.10. The number of aromatic nitrogens is 1. The van der Waals surface area contributed by atoms with Gasteiger partial charge in [-0.1, -0.05) is 18.2 Å². The highest BCUT2D eigenvalue weighted by molar-refractivity contribution is 5.91. The summed E-state index contributed by atoms with van der Waals surface area (Å²) in [5.41, 5.74) is 2.29. The molecular formula is C20H16N2O4. The predicted molar refractivity (Wildman–Crippen MR) is 95.7 cm³/mol. The molecule has 0 aliphatic rings. The molecule has 0 saturated carbocycles. The van der Waals surface area contributed by atoms with Crippen LogP contribution in [0.25, 0.3) is 16.8 Å². The van der Waals surface area contributed by atoms with E-state index in [1.165, 1.54) is 12.1 Å².